The first-order valence-electron chi connectivity index (χ1n) is 8.27. The Labute approximate surface area is 164 Å². The van der Waals surface area contributed by atoms with Gasteiger partial charge in [0.15, 0.2) is 0 Å². The van der Waals surface area contributed by atoms with Crippen molar-refractivity contribution in [1.82, 2.24) is 0 Å². The lowest BCUT2D eigenvalue weighted by atomic mass is 10.1. The van der Waals surface area contributed by atoms with Gasteiger partial charge in [0.25, 0.3) is 0 Å². The highest BCUT2D eigenvalue weighted by Crippen LogP contribution is 2.24. The van der Waals surface area contributed by atoms with Crippen LogP contribution in [0.2, 0.25) is 0 Å². The largest absolute Gasteiger partial charge is 0.462 e. The Hall–Kier alpha value is -3.99. The van der Waals surface area contributed by atoms with Gasteiger partial charge in [0.2, 0.25) is 0 Å². The van der Waals surface area contributed by atoms with Crippen LogP contribution in [0, 0.1) is 0 Å². The minimum atomic E-state index is -0.548. The first kappa shape index (κ1) is 20.3. The third-order valence-electron chi connectivity index (χ3n) is 3.36. The molecular weight excluding hydrogens is 356 g/mol. The fourth-order valence-electron chi connectivity index (χ4n) is 1.97. The van der Waals surface area contributed by atoms with Crippen LogP contribution in [-0.4, -0.2) is 5.97 Å². The van der Waals surface area contributed by atoms with Crippen molar-refractivity contribution in [3.63, 3.8) is 0 Å². The van der Waals surface area contributed by atoms with Crippen molar-refractivity contribution in [2.24, 2.45) is 0 Å². The molecule has 0 unspecified atom stereocenters. The van der Waals surface area contributed by atoms with E-state index in [1.54, 1.807) is 0 Å². The molecule has 2 rings (SSSR count). The van der Waals surface area contributed by atoms with Crippen molar-refractivity contribution < 1.29 is 23.7 Å². The molecule has 0 N–H and O–H groups in total. The zero-order valence-electron chi connectivity index (χ0n) is 15.2. The maximum absolute atomic E-state index is 10.9. The minimum Gasteiger partial charge on any atom is -0.462 e. The average Bonchev–Trinajstić information content (AvgIpc) is 2.74. The van der Waals surface area contributed by atoms with E-state index in [9.17, 15) is 4.79 Å². The summed E-state index contributed by atoms with van der Waals surface area (Å²) in [6.45, 7) is 10.5. The molecule has 28 heavy (non-hydrogen) atoms. The molecule has 0 amide bonds. The zero-order valence-corrected chi connectivity index (χ0v) is 15.2. The number of carbonyl (C=O) groups excluding carboxylic acids is 1. The molecule has 0 aliphatic carbocycles. The van der Waals surface area contributed by atoms with Crippen LogP contribution in [0.5, 0.6) is 11.5 Å². The fourth-order valence-corrected chi connectivity index (χ4v) is 1.97. The summed E-state index contributed by atoms with van der Waals surface area (Å²) in [5.41, 5.74) is 2.04. The van der Waals surface area contributed by atoms with Gasteiger partial charge in [-0.2, -0.15) is 0 Å². The number of ether oxygens (including phenoxy) is 4. The lowest BCUT2D eigenvalue weighted by Crippen LogP contribution is -1.93. The van der Waals surface area contributed by atoms with Gasteiger partial charge in [-0.25, -0.2) is 4.79 Å². The lowest BCUT2D eigenvalue weighted by molar-refractivity contribution is -0.132. The topological polar surface area (TPSA) is 54.0 Å². The van der Waals surface area contributed by atoms with Crippen molar-refractivity contribution in [1.29, 1.82) is 0 Å². The molecule has 0 spiro atoms. The number of hydrogen-bond acceptors (Lipinski definition) is 5. The van der Waals surface area contributed by atoms with Gasteiger partial charge in [0.1, 0.15) is 42.3 Å². The summed E-state index contributed by atoms with van der Waals surface area (Å²) in [5.74, 6) is 1.18. The van der Waals surface area contributed by atoms with E-state index < -0.39 is 5.97 Å². The van der Waals surface area contributed by atoms with Crippen LogP contribution in [-0.2, 0) is 14.3 Å². The molecule has 0 aliphatic rings. The molecule has 0 aliphatic heterocycles. The predicted molar refractivity (Wildman–Crippen MR) is 108 cm³/mol. The Bertz CT molecular complexity index is 799. The first-order valence-corrected chi connectivity index (χ1v) is 8.27. The van der Waals surface area contributed by atoms with E-state index in [2.05, 4.69) is 24.5 Å². The highest BCUT2D eigenvalue weighted by molar-refractivity contribution is 5.81. The van der Waals surface area contributed by atoms with E-state index in [1.807, 2.05) is 48.5 Å². The summed E-state index contributed by atoms with van der Waals surface area (Å²) in [6, 6.07) is 15.0. The molecule has 0 heterocycles. The summed E-state index contributed by atoms with van der Waals surface area (Å²) in [4.78, 5) is 10.9. The van der Waals surface area contributed by atoms with E-state index in [-0.39, 0.29) is 0 Å². The van der Waals surface area contributed by atoms with Gasteiger partial charge in [-0.15, -0.1) is 0 Å². The fraction of sp³-hybridized carbons (Fsp3) is 0. The van der Waals surface area contributed by atoms with E-state index in [1.165, 1.54) is 24.9 Å². The van der Waals surface area contributed by atoms with Gasteiger partial charge in [0, 0.05) is 6.08 Å². The molecule has 0 radical (unpaired) electrons. The van der Waals surface area contributed by atoms with Crippen molar-refractivity contribution in [2.45, 2.75) is 0 Å². The number of carbonyl (C=O) groups is 1. The van der Waals surface area contributed by atoms with Crippen LogP contribution >= 0.6 is 0 Å². The van der Waals surface area contributed by atoms with Gasteiger partial charge in [-0.3, -0.25) is 0 Å². The Morgan fingerprint density at radius 1 is 0.679 bits per heavy atom. The van der Waals surface area contributed by atoms with Crippen molar-refractivity contribution in [3.8, 4) is 22.6 Å². The molecule has 5 heteroatoms. The van der Waals surface area contributed by atoms with Crippen LogP contribution in [0.3, 0.4) is 0 Å². The van der Waals surface area contributed by atoms with E-state index in [0.717, 1.165) is 23.5 Å². The van der Waals surface area contributed by atoms with Gasteiger partial charge < -0.3 is 18.9 Å². The van der Waals surface area contributed by atoms with Crippen LogP contribution in [0.25, 0.3) is 11.1 Å². The zero-order chi connectivity index (χ0) is 20.2. The van der Waals surface area contributed by atoms with Crippen molar-refractivity contribution in [3.05, 3.63) is 111 Å². The molecule has 142 valence electrons. The number of esters is 1. The SMILES string of the molecule is C=CC(=C)O/C=C\Oc1ccc(-c2ccc(O/C=C\OC(=O)C=C)cc2)cc1. The Balaban J connectivity index is 1.89. The predicted octanol–water partition coefficient (Wildman–Crippen LogP) is 5.50. The van der Waals surface area contributed by atoms with Crippen LogP contribution in [0.15, 0.2) is 111 Å². The van der Waals surface area contributed by atoms with Crippen LogP contribution in [0.1, 0.15) is 0 Å². The van der Waals surface area contributed by atoms with Gasteiger partial charge in [-0.1, -0.05) is 44.0 Å². The van der Waals surface area contributed by atoms with E-state index in [4.69, 9.17) is 14.2 Å². The van der Waals surface area contributed by atoms with Gasteiger partial charge in [-0.05, 0) is 41.5 Å². The molecule has 0 saturated carbocycles. The maximum Gasteiger partial charge on any atom is 0.335 e. The summed E-state index contributed by atoms with van der Waals surface area (Å²) in [6.07, 6.45) is 7.83. The monoisotopic (exact) mass is 376 g/mol. The lowest BCUT2D eigenvalue weighted by Gasteiger charge is -2.06. The maximum atomic E-state index is 10.9. The molecule has 2 aromatic carbocycles. The Kier molecular flexibility index (Phi) is 7.90. The molecule has 0 atom stereocenters. The number of rotatable bonds is 10. The number of benzene rings is 2. The normalized spacial score (nSPS) is 10.4. The van der Waals surface area contributed by atoms with Crippen molar-refractivity contribution in [2.75, 3.05) is 0 Å². The summed E-state index contributed by atoms with van der Waals surface area (Å²) >= 11 is 0. The molecule has 5 nitrogen and oxygen atoms in total. The molecule has 0 bridgehead atoms. The Morgan fingerprint density at radius 3 is 1.57 bits per heavy atom. The summed E-state index contributed by atoms with van der Waals surface area (Å²) in [7, 11) is 0. The molecule has 0 aromatic heterocycles. The van der Waals surface area contributed by atoms with Crippen LogP contribution in [0.4, 0.5) is 0 Å². The molecule has 0 fully saturated rings. The average molecular weight is 376 g/mol. The van der Waals surface area contributed by atoms with Gasteiger partial charge in [0.05, 0.1) is 0 Å². The standard InChI is InChI=1S/C23H20O5/c1-4-18(3)25-14-15-26-21-10-6-19(7-11-21)20-8-12-22(13-9-20)27-16-17-28-23(24)5-2/h4-17H,1-3H2/b15-14-,17-16-. The third kappa shape index (κ3) is 6.72. The second-order valence-corrected chi connectivity index (χ2v) is 5.26. The Morgan fingerprint density at radius 2 is 1.14 bits per heavy atom. The van der Waals surface area contributed by atoms with Crippen LogP contribution < -0.4 is 9.47 Å². The molecule has 2 aromatic rings. The number of hydrogen-bond donors (Lipinski definition) is 0. The number of allylic oxidation sites excluding steroid dienone is 1. The smallest absolute Gasteiger partial charge is 0.335 e. The second kappa shape index (κ2) is 10.9. The van der Waals surface area contributed by atoms with Gasteiger partial charge >= 0.3 is 5.97 Å². The second-order valence-electron chi connectivity index (χ2n) is 5.26. The summed E-state index contributed by atoms with van der Waals surface area (Å²) < 4.78 is 20.6. The molecular formula is C23H20O5. The summed E-state index contributed by atoms with van der Waals surface area (Å²) in [5, 5.41) is 0. The highest BCUT2D eigenvalue weighted by Gasteiger charge is 2.00. The highest BCUT2D eigenvalue weighted by atomic mass is 16.5. The quantitative estimate of drug-likeness (QED) is 0.237. The van der Waals surface area contributed by atoms with Crippen molar-refractivity contribution >= 4 is 5.97 Å². The third-order valence-corrected chi connectivity index (χ3v) is 3.36. The van der Waals surface area contributed by atoms with E-state index in [0.29, 0.717) is 17.3 Å². The van der Waals surface area contributed by atoms with E-state index >= 15 is 0 Å². The first-order chi connectivity index (χ1) is 13.6. The molecule has 0 saturated heterocycles. The minimum absolute atomic E-state index is 0.441.